The van der Waals surface area contributed by atoms with E-state index in [2.05, 4.69) is 13.5 Å². The van der Waals surface area contributed by atoms with Crippen molar-refractivity contribution in [3.05, 3.63) is 23.8 Å². The summed E-state index contributed by atoms with van der Waals surface area (Å²) in [6.45, 7) is 8.79. The van der Waals surface area contributed by atoms with Crippen LogP contribution in [-0.2, 0) is 19.1 Å². The molecular weight excluding hydrogens is 371 g/mol. The Morgan fingerprint density at radius 1 is 1.21 bits per heavy atom. The minimum atomic E-state index is -1.36. The molecular formula is C24H31FO4. The number of carbonyl (C=O) groups excluding carboxylic acids is 3. The van der Waals surface area contributed by atoms with Crippen LogP contribution in [0.15, 0.2) is 23.8 Å². The molecule has 6 atom stereocenters. The molecule has 4 rings (SSSR count). The lowest BCUT2D eigenvalue weighted by Crippen LogP contribution is -2.59. The monoisotopic (exact) mass is 402 g/mol. The summed E-state index contributed by atoms with van der Waals surface area (Å²) in [4.78, 5) is 36.7. The molecule has 0 aromatic heterocycles. The summed E-state index contributed by atoms with van der Waals surface area (Å²) in [5.41, 5.74) is 0.136. The molecule has 5 heteroatoms. The number of hydrogen-bond acceptors (Lipinski definition) is 4. The quantitative estimate of drug-likeness (QED) is 0.651. The van der Waals surface area contributed by atoms with E-state index >= 15 is 0 Å². The van der Waals surface area contributed by atoms with Crippen molar-refractivity contribution >= 4 is 17.5 Å². The van der Waals surface area contributed by atoms with Gasteiger partial charge in [-0.15, -0.1) is 0 Å². The molecule has 0 N–H and O–H groups in total. The third-order valence-electron chi connectivity index (χ3n) is 8.94. The average Bonchev–Trinajstić information content (AvgIpc) is 2.95. The minimum absolute atomic E-state index is 0.0774. The van der Waals surface area contributed by atoms with Crippen LogP contribution in [0.3, 0.4) is 0 Å². The molecule has 0 heterocycles. The Bertz CT molecular complexity index is 829. The lowest BCUT2D eigenvalue weighted by atomic mass is 9.45. The largest absolute Gasteiger partial charge is 0.451 e. The fourth-order valence-electron chi connectivity index (χ4n) is 7.60. The summed E-state index contributed by atoms with van der Waals surface area (Å²) in [7, 11) is 0. The molecule has 3 fully saturated rings. The van der Waals surface area contributed by atoms with Crippen LogP contribution in [0, 0.1) is 28.6 Å². The second-order valence-electron chi connectivity index (χ2n) is 10.1. The third kappa shape index (κ3) is 2.65. The van der Waals surface area contributed by atoms with Crippen LogP contribution >= 0.6 is 0 Å². The molecule has 4 aliphatic carbocycles. The zero-order valence-electron chi connectivity index (χ0n) is 17.7. The number of ketones is 2. The minimum Gasteiger partial charge on any atom is -0.451 e. The highest BCUT2D eigenvalue weighted by Gasteiger charge is 2.68. The van der Waals surface area contributed by atoms with E-state index in [-0.39, 0.29) is 17.1 Å². The van der Waals surface area contributed by atoms with E-state index in [9.17, 15) is 18.8 Å². The van der Waals surface area contributed by atoms with Crippen LogP contribution < -0.4 is 0 Å². The first-order valence-corrected chi connectivity index (χ1v) is 10.8. The number of hydrogen-bond donors (Lipinski definition) is 0. The smallest absolute Gasteiger partial charge is 0.303 e. The molecule has 4 aliphatic rings. The predicted octanol–water partition coefficient (Wildman–Crippen LogP) is 4.52. The molecule has 0 bridgehead atoms. The molecule has 0 spiro atoms. The summed E-state index contributed by atoms with van der Waals surface area (Å²) in [5, 5.41) is 0. The maximum absolute atomic E-state index is 13.6. The second-order valence-corrected chi connectivity index (χ2v) is 10.1. The summed E-state index contributed by atoms with van der Waals surface area (Å²) in [6.07, 6.45) is 6.74. The van der Waals surface area contributed by atoms with E-state index in [1.807, 2.05) is 6.92 Å². The van der Waals surface area contributed by atoms with Crippen molar-refractivity contribution in [2.24, 2.45) is 28.6 Å². The summed E-state index contributed by atoms with van der Waals surface area (Å²) < 4.78 is 19.3. The maximum atomic E-state index is 13.6. The summed E-state index contributed by atoms with van der Waals surface area (Å²) >= 11 is 0. The number of alkyl halides is 1. The molecule has 0 saturated heterocycles. The standard InChI is InChI=1S/C24H31FO4/c1-14-11-17-18(22(3)8-5-16(27)12-20(14)22)6-9-23(4)19(17)7-10-24(23,21(28)13-25)29-15(2)26/h12,17-19H,1,5-11,13H2,2-4H3. The van der Waals surface area contributed by atoms with Gasteiger partial charge in [0.2, 0.25) is 5.78 Å². The second kappa shape index (κ2) is 6.61. The Hall–Kier alpha value is -1.78. The average molecular weight is 403 g/mol. The van der Waals surface area contributed by atoms with Gasteiger partial charge in [-0.05, 0) is 73.3 Å². The normalized spacial score (nSPS) is 43.7. The first-order chi connectivity index (χ1) is 13.6. The highest BCUT2D eigenvalue weighted by atomic mass is 19.1. The van der Waals surface area contributed by atoms with Crippen LogP contribution in [0.5, 0.6) is 0 Å². The highest BCUT2D eigenvalue weighted by Crippen LogP contribution is 2.69. The van der Waals surface area contributed by atoms with Crippen molar-refractivity contribution in [2.75, 3.05) is 6.67 Å². The van der Waals surface area contributed by atoms with Crippen molar-refractivity contribution in [1.82, 2.24) is 0 Å². The number of rotatable bonds is 3. The van der Waals surface area contributed by atoms with Gasteiger partial charge < -0.3 is 4.74 Å². The van der Waals surface area contributed by atoms with E-state index in [0.717, 1.165) is 43.3 Å². The van der Waals surface area contributed by atoms with E-state index in [0.29, 0.717) is 24.7 Å². The topological polar surface area (TPSA) is 60.4 Å². The van der Waals surface area contributed by atoms with Crippen LogP contribution in [0.4, 0.5) is 4.39 Å². The van der Waals surface area contributed by atoms with Crippen molar-refractivity contribution < 1.29 is 23.5 Å². The molecule has 0 radical (unpaired) electrons. The van der Waals surface area contributed by atoms with Crippen molar-refractivity contribution in [2.45, 2.75) is 71.3 Å². The van der Waals surface area contributed by atoms with E-state index < -0.39 is 29.4 Å². The van der Waals surface area contributed by atoms with E-state index in [1.54, 1.807) is 6.08 Å². The number of halogens is 1. The number of esters is 1. The van der Waals surface area contributed by atoms with Crippen molar-refractivity contribution in [1.29, 1.82) is 0 Å². The predicted molar refractivity (Wildman–Crippen MR) is 107 cm³/mol. The maximum Gasteiger partial charge on any atom is 0.303 e. The Morgan fingerprint density at radius 2 is 1.90 bits per heavy atom. The van der Waals surface area contributed by atoms with E-state index in [4.69, 9.17) is 4.74 Å². The fourth-order valence-corrected chi connectivity index (χ4v) is 7.60. The Morgan fingerprint density at radius 3 is 2.55 bits per heavy atom. The SMILES string of the molecule is C=C1CC2C(CCC3(C)C2CCC3(OC(C)=O)C(=O)CF)C2(C)CCC(=O)C=C12. The number of carbonyl (C=O) groups is 3. The third-order valence-corrected chi connectivity index (χ3v) is 8.94. The van der Waals surface area contributed by atoms with Gasteiger partial charge in [-0.1, -0.05) is 26.0 Å². The fraction of sp³-hybridized carbons (Fsp3) is 0.708. The molecule has 0 aromatic carbocycles. The van der Waals surface area contributed by atoms with Gasteiger partial charge in [-0.2, -0.15) is 0 Å². The van der Waals surface area contributed by atoms with Gasteiger partial charge in [0.25, 0.3) is 0 Å². The molecule has 29 heavy (non-hydrogen) atoms. The van der Waals surface area contributed by atoms with Gasteiger partial charge >= 0.3 is 5.97 Å². The number of allylic oxidation sites excluding steroid dienone is 2. The van der Waals surface area contributed by atoms with Crippen LogP contribution in [-0.4, -0.2) is 29.8 Å². The van der Waals surface area contributed by atoms with Gasteiger partial charge in [-0.25, -0.2) is 4.39 Å². The first kappa shape index (κ1) is 20.5. The molecule has 4 nitrogen and oxygen atoms in total. The Balaban J connectivity index is 1.75. The molecule has 0 aromatic rings. The van der Waals surface area contributed by atoms with Gasteiger partial charge in [0.15, 0.2) is 18.1 Å². The zero-order chi connectivity index (χ0) is 21.2. The van der Waals surface area contributed by atoms with Gasteiger partial charge in [0, 0.05) is 18.8 Å². The molecule has 3 saturated carbocycles. The number of ether oxygens (including phenoxy) is 1. The van der Waals surface area contributed by atoms with E-state index in [1.165, 1.54) is 6.92 Å². The van der Waals surface area contributed by atoms with Crippen molar-refractivity contribution in [3.63, 3.8) is 0 Å². The van der Waals surface area contributed by atoms with Crippen LogP contribution in [0.25, 0.3) is 0 Å². The molecule has 0 amide bonds. The number of Topliss-reactive ketones (excluding diaryl/α,β-unsaturated/α-hetero) is 1. The lowest BCUT2D eigenvalue weighted by Gasteiger charge is -2.59. The van der Waals surface area contributed by atoms with Crippen LogP contribution in [0.1, 0.15) is 65.7 Å². The molecule has 158 valence electrons. The van der Waals surface area contributed by atoms with Crippen LogP contribution in [0.2, 0.25) is 0 Å². The zero-order valence-corrected chi connectivity index (χ0v) is 17.7. The lowest BCUT2D eigenvalue weighted by molar-refractivity contribution is -0.188. The highest BCUT2D eigenvalue weighted by molar-refractivity contribution is 5.93. The number of fused-ring (bicyclic) bond motifs is 5. The molecule has 0 aliphatic heterocycles. The molecule has 6 unspecified atom stereocenters. The van der Waals surface area contributed by atoms with Gasteiger partial charge in [0.05, 0.1) is 0 Å². The summed E-state index contributed by atoms with van der Waals surface area (Å²) in [5.74, 6) is -0.0574. The van der Waals surface area contributed by atoms with Gasteiger partial charge in [-0.3, -0.25) is 14.4 Å². The Kier molecular flexibility index (Phi) is 4.67. The summed E-state index contributed by atoms with van der Waals surface area (Å²) in [6, 6.07) is 0. The van der Waals surface area contributed by atoms with Crippen molar-refractivity contribution in [3.8, 4) is 0 Å². The van der Waals surface area contributed by atoms with Gasteiger partial charge in [0.1, 0.15) is 0 Å². The Labute approximate surface area is 171 Å². The first-order valence-electron chi connectivity index (χ1n) is 10.8.